The van der Waals surface area contributed by atoms with E-state index in [1.807, 2.05) is 38.1 Å². The van der Waals surface area contributed by atoms with Gasteiger partial charge in [0.2, 0.25) is 5.91 Å². The van der Waals surface area contributed by atoms with E-state index in [1.54, 1.807) is 6.92 Å². The van der Waals surface area contributed by atoms with E-state index in [0.29, 0.717) is 6.42 Å². The fourth-order valence-electron chi connectivity index (χ4n) is 2.24. The normalized spacial score (nSPS) is 15.0. The molecule has 0 saturated carbocycles. The van der Waals surface area contributed by atoms with Crippen molar-refractivity contribution in [3.8, 4) is 0 Å². The minimum atomic E-state index is -0.838. The number of rotatable bonds is 5. The molecule has 0 spiro atoms. The molecule has 0 aliphatic heterocycles. The van der Waals surface area contributed by atoms with Crippen molar-refractivity contribution in [2.24, 2.45) is 5.73 Å². The Morgan fingerprint density at radius 3 is 2.76 bits per heavy atom. The Labute approximate surface area is 131 Å². The number of imidazole rings is 1. The van der Waals surface area contributed by atoms with E-state index in [4.69, 9.17) is 5.73 Å². The minimum Gasteiger partial charge on any atom is -0.345 e. The third kappa shape index (κ3) is 3.95. The number of aromatic amines is 1. The van der Waals surface area contributed by atoms with Gasteiger partial charge in [0.05, 0.1) is 22.6 Å². The molecule has 0 bridgehead atoms. The highest BCUT2D eigenvalue weighted by molar-refractivity contribution is 5.86. The van der Waals surface area contributed by atoms with E-state index in [1.165, 1.54) is 0 Å². The van der Waals surface area contributed by atoms with E-state index in [0.717, 1.165) is 23.3 Å². The summed E-state index contributed by atoms with van der Waals surface area (Å²) in [5.74, 6) is 0.596. The average molecular weight is 311 g/mol. The number of nitrogens with zero attached hydrogens (tertiary/aromatic N) is 1. The Morgan fingerprint density at radius 2 is 2.14 bits per heavy atom. The van der Waals surface area contributed by atoms with Gasteiger partial charge in [0, 0.05) is 0 Å². The van der Waals surface area contributed by atoms with E-state index in [-0.39, 0.29) is 24.4 Å². The molecule has 2 rings (SSSR count). The van der Waals surface area contributed by atoms with Crippen LogP contribution in [0.4, 0.5) is 0 Å². The molecule has 1 aromatic carbocycles. The second-order valence-corrected chi connectivity index (χ2v) is 5.50. The summed E-state index contributed by atoms with van der Waals surface area (Å²) in [6, 6.07) is 7.59. The van der Waals surface area contributed by atoms with Crippen LogP contribution >= 0.6 is 12.4 Å². The Hall–Kier alpha value is -1.59. The summed E-state index contributed by atoms with van der Waals surface area (Å²) in [4.78, 5) is 19.9. The number of nitrogens with one attached hydrogen (secondary N) is 2. The molecule has 2 atom stereocenters. The van der Waals surface area contributed by atoms with Crippen LogP contribution in [0.2, 0.25) is 0 Å². The molecule has 6 heteroatoms. The number of carbonyl (C=O) groups is 1. The van der Waals surface area contributed by atoms with Gasteiger partial charge in [-0.2, -0.15) is 0 Å². The van der Waals surface area contributed by atoms with E-state index in [2.05, 4.69) is 15.3 Å². The van der Waals surface area contributed by atoms with Crippen molar-refractivity contribution in [2.45, 2.75) is 45.2 Å². The van der Waals surface area contributed by atoms with Crippen LogP contribution in [-0.4, -0.2) is 21.4 Å². The van der Waals surface area contributed by atoms with Crippen molar-refractivity contribution >= 4 is 29.3 Å². The summed E-state index contributed by atoms with van der Waals surface area (Å²) in [5.41, 5.74) is 7.05. The Bertz CT molecular complexity index is 575. The summed E-state index contributed by atoms with van der Waals surface area (Å²) in [6.45, 7) is 5.68. The first-order valence-corrected chi connectivity index (χ1v) is 6.98. The molecule has 2 unspecified atom stereocenters. The monoisotopic (exact) mass is 310 g/mol. The highest BCUT2D eigenvalue weighted by Crippen LogP contribution is 2.17. The molecule has 4 N–H and O–H groups in total. The summed E-state index contributed by atoms with van der Waals surface area (Å²) in [5, 5.41) is 2.92. The number of halogens is 1. The smallest absolute Gasteiger partial charge is 0.240 e. The molecular weight excluding hydrogens is 288 g/mol. The molecule has 0 saturated heterocycles. The summed E-state index contributed by atoms with van der Waals surface area (Å²) < 4.78 is 0. The molecule has 1 aromatic heterocycles. The molecule has 0 radical (unpaired) electrons. The number of hydrogen-bond donors (Lipinski definition) is 3. The van der Waals surface area contributed by atoms with Crippen LogP contribution in [0.25, 0.3) is 11.0 Å². The standard InChI is InChI=1S/C15H22N4O.ClH/c1-4-9-15(3,16)14(20)17-10(2)13-18-11-7-5-6-8-12(11)19-13;/h5-8,10H,4,9,16H2,1-3H3,(H,17,20)(H,18,19);1H. The fraction of sp³-hybridized carbons (Fsp3) is 0.467. The summed E-state index contributed by atoms with van der Waals surface area (Å²) >= 11 is 0. The predicted octanol–water partition coefficient (Wildman–Crippen LogP) is 2.68. The van der Waals surface area contributed by atoms with Gasteiger partial charge in [0.1, 0.15) is 5.82 Å². The molecule has 0 aliphatic carbocycles. The zero-order valence-electron chi connectivity index (χ0n) is 12.6. The molecule has 116 valence electrons. The number of hydrogen-bond acceptors (Lipinski definition) is 3. The van der Waals surface area contributed by atoms with Gasteiger partial charge in [-0.25, -0.2) is 4.98 Å². The molecule has 1 heterocycles. The van der Waals surface area contributed by atoms with Crippen LogP contribution in [0.5, 0.6) is 0 Å². The predicted molar refractivity (Wildman–Crippen MR) is 87.4 cm³/mol. The average Bonchev–Trinajstić information content (AvgIpc) is 2.82. The lowest BCUT2D eigenvalue weighted by Gasteiger charge is -2.24. The highest BCUT2D eigenvalue weighted by atomic mass is 35.5. The quantitative estimate of drug-likeness (QED) is 0.794. The largest absolute Gasteiger partial charge is 0.345 e. The first kappa shape index (κ1) is 17.5. The Balaban J connectivity index is 0.00000220. The van der Waals surface area contributed by atoms with E-state index >= 15 is 0 Å². The maximum absolute atomic E-state index is 12.2. The number of carbonyl (C=O) groups excluding carboxylic acids is 1. The van der Waals surface area contributed by atoms with Gasteiger partial charge < -0.3 is 16.0 Å². The lowest BCUT2D eigenvalue weighted by molar-refractivity contribution is -0.126. The molecule has 1 amide bonds. The van der Waals surface area contributed by atoms with Crippen LogP contribution in [-0.2, 0) is 4.79 Å². The minimum absolute atomic E-state index is 0. The fourth-order valence-corrected chi connectivity index (χ4v) is 2.24. The molecule has 5 nitrogen and oxygen atoms in total. The van der Waals surface area contributed by atoms with Crippen molar-refractivity contribution in [3.63, 3.8) is 0 Å². The lowest BCUT2D eigenvalue weighted by Crippen LogP contribution is -2.52. The molecule has 2 aromatic rings. The van der Waals surface area contributed by atoms with E-state index in [9.17, 15) is 4.79 Å². The van der Waals surface area contributed by atoms with Gasteiger partial charge >= 0.3 is 0 Å². The van der Waals surface area contributed by atoms with Crippen LogP contribution in [0.15, 0.2) is 24.3 Å². The van der Waals surface area contributed by atoms with Crippen molar-refractivity contribution in [1.29, 1.82) is 0 Å². The van der Waals surface area contributed by atoms with Gasteiger partial charge in [-0.05, 0) is 32.4 Å². The Morgan fingerprint density at radius 1 is 1.48 bits per heavy atom. The van der Waals surface area contributed by atoms with Gasteiger partial charge in [-0.3, -0.25) is 4.79 Å². The zero-order chi connectivity index (χ0) is 14.8. The molecular formula is C15H23ClN4O. The third-order valence-corrected chi connectivity index (χ3v) is 3.45. The SMILES string of the molecule is CCCC(C)(N)C(=O)NC(C)c1nc2ccccc2[nH]1.Cl. The number of aromatic nitrogens is 2. The number of amides is 1. The first-order valence-electron chi connectivity index (χ1n) is 6.98. The molecule has 0 fully saturated rings. The Kier molecular flexibility index (Phi) is 5.75. The van der Waals surface area contributed by atoms with Gasteiger partial charge in [-0.15, -0.1) is 12.4 Å². The molecule has 0 aliphatic rings. The van der Waals surface area contributed by atoms with Gasteiger partial charge in [0.15, 0.2) is 0 Å². The van der Waals surface area contributed by atoms with Crippen LogP contribution in [0, 0.1) is 0 Å². The number of H-pyrrole nitrogens is 1. The van der Waals surface area contributed by atoms with E-state index < -0.39 is 5.54 Å². The van der Waals surface area contributed by atoms with Crippen molar-refractivity contribution in [3.05, 3.63) is 30.1 Å². The van der Waals surface area contributed by atoms with Crippen LogP contribution < -0.4 is 11.1 Å². The van der Waals surface area contributed by atoms with Crippen molar-refractivity contribution in [2.75, 3.05) is 0 Å². The zero-order valence-corrected chi connectivity index (χ0v) is 13.5. The third-order valence-electron chi connectivity index (χ3n) is 3.45. The maximum Gasteiger partial charge on any atom is 0.240 e. The number of benzene rings is 1. The van der Waals surface area contributed by atoms with Crippen LogP contribution in [0.1, 0.15) is 45.5 Å². The number of para-hydroxylation sites is 2. The number of nitrogens with two attached hydrogens (primary N) is 1. The first-order chi connectivity index (χ1) is 9.44. The lowest BCUT2D eigenvalue weighted by atomic mass is 9.96. The number of fused-ring (bicyclic) bond motifs is 1. The summed E-state index contributed by atoms with van der Waals surface area (Å²) in [7, 11) is 0. The van der Waals surface area contributed by atoms with Gasteiger partial charge in [0.25, 0.3) is 0 Å². The highest BCUT2D eigenvalue weighted by Gasteiger charge is 2.28. The topological polar surface area (TPSA) is 83.8 Å². The second-order valence-electron chi connectivity index (χ2n) is 5.50. The molecule has 21 heavy (non-hydrogen) atoms. The van der Waals surface area contributed by atoms with Crippen LogP contribution in [0.3, 0.4) is 0 Å². The van der Waals surface area contributed by atoms with Crippen molar-refractivity contribution < 1.29 is 4.79 Å². The maximum atomic E-state index is 12.2. The summed E-state index contributed by atoms with van der Waals surface area (Å²) in [6.07, 6.45) is 1.53. The second kappa shape index (κ2) is 6.91. The van der Waals surface area contributed by atoms with Crippen molar-refractivity contribution in [1.82, 2.24) is 15.3 Å². The van der Waals surface area contributed by atoms with Gasteiger partial charge in [-0.1, -0.05) is 25.5 Å².